The Bertz CT molecular complexity index is 914. The van der Waals surface area contributed by atoms with Gasteiger partial charge < -0.3 is 4.90 Å². The molecular weight excluding hydrogens is 336 g/mol. The lowest BCUT2D eigenvalue weighted by Crippen LogP contribution is -2.29. The topological polar surface area (TPSA) is 51.0 Å². The van der Waals surface area contributed by atoms with Crippen LogP contribution in [0.3, 0.4) is 0 Å². The molecule has 3 aromatic rings. The van der Waals surface area contributed by atoms with E-state index in [0.29, 0.717) is 6.54 Å². The molecule has 2 heterocycles. The van der Waals surface area contributed by atoms with E-state index < -0.39 is 0 Å². The molecule has 1 aliphatic heterocycles. The molecule has 2 aromatic carbocycles. The molecule has 0 atom stereocenters. The van der Waals surface area contributed by atoms with Crippen molar-refractivity contribution in [1.29, 1.82) is 0 Å². The fraction of sp³-hybridized carbons (Fsp3) is 0.318. The minimum atomic E-state index is 0.0135. The number of hydrogen-bond acceptors (Lipinski definition) is 3. The Morgan fingerprint density at radius 3 is 2.19 bits per heavy atom. The van der Waals surface area contributed by atoms with Crippen LogP contribution in [-0.2, 0) is 18.4 Å². The van der Waals surface area contributed by atoms with Crippen LogP contribution in [-0.4, -0.2) is 20.9 Å². The summed E-state index contributed by atoms with van der Waals surface area (Å²) in [6, 6.07) is 16.0. The average molecular weight is 364 g/mol. The molecule has 4 rings (SSSR count). The molecule has 1 amide bonds. The Hall–Kier alpha value is -2.95. The van der Waals surface area contributed by atoms with E-state index in [4.69, 9.17) is 0 Å². The van der Waals surface area contributed by atoms with Gasteiger partial charge in [-0.2, -0.15) is 0 Å². The van der Waals surface area contributed by atoms with Gasteiger partial charge in [-0.05, 0) is 11.6 Å². The van der Waals surface area contributed by atoms with E-state index >= 15 is 0 Å². The molecule has 0 saturated heterocycles. The van der Waals surface area contributed by atoms with Crippen LogP contribution in [0.2, 0.25) is 0 Å². The number of hydrogen-bond donors (Lipinski definition) is 0. The fourth-order valence-electron chi connectivity index (χ4n) is 3.18. The van der Waals surface area contributed by atoms with Crippen LogP contribution in [0.1, 0.15) is 40.2 Å². The predicted molar refractivity (Wildman–Crippen MR) is 111 cm³/mol. The fourth-order valence-corrected chi connectivity index (χ4v) is 3.18. The van der Waals surface area contributed by atoms with E-state index in [9.17, 15) is 4.79 Å². The number of carbonyl (C=O) groups excluding carboxylic acids is 1. The summed E-state index contributed by atoms with van der Waals surface area (Å²) < 4.78 is 1.80. The van der Waals surface area contributed by atoms with Crippen LogP contribution in [0.4, 0.5) is 5.69 Å². The minimum absolute atomic E-state index is 0.0135. The molecule has 0 fully saturated rings. The van der Waals surface area contributed by atoms with Gasteiger partial charge in [-0.3, -0.25) is 4.79 Å². The van der Waals surface area contributed by atoms with Gasteiger partial charge in [0.25, 0.3) is 0 Å². The monoisotopic (exact) mass is 364 g/mol. The quantitative estimate of drug-likeness (QED) is 0.560. The van der Waals surface area contributed by atoms with Crippen LogP contribution in [0.15, 0.2) is 48.5 Å². The van der Waals surface area contributed by atoms with Gasteiger partial charge in [-0.25, -0.2) is 4.68 Å². The van der Waals surface area contributed by atoms with Gasteiger partial charge >= 0.3 is 0 Å². The van der Waals surface area contributed by atoms with Crippen molar-refractivity contribution >= 4 is 11.6 Å². The van der Waals surface area contributed by atoms with Gasteiger partial charge in [0.1, 0.15) is 5.69 Å². The predicted octanol–water partition coefficient (Wildman–Crippen LogP) is 5.07. The molecule has 0 radical (unpaired) electrons. The molecular formula is C22H28N4O. The summed E-state index contributed by atoms with van der Waals surface area (Å²) >= 11 is 0. The Balaban J connectivity index is 0.000000614. The van der Waals surface area contributed by atoms with Crippen molar-refractivity contribution in [2.75, 3.05) is 4.90 Å². The number of fused-ring (bicyclic) bond motifs is 5. The molecule has 5 heteroatoms. The number of aryl methyl sites for hydroxylation is 1. The number of anilines is 1. The molecule has 1 aliphatic rings. The SMILES string of the molecule is CC.CC.CC(=O)N1Cc2ccccc2-c2c(nnn2C)-c2ccccc21. The molecule has 0 aliphatic carbocycles. The first-order valence-electron chi connectivity index (χ1n) is 9.52. The van der Waals surface area contributed by atoms with Crippen molar-refractivity contribution < 1.29 is 4.79 Å². The number of para-hydroxylation sites is 1. The lowest BCUT2D eigenvalue weighted by Gasteiger charge is -2.27. The van der Waals surface area contributed by atoms with Gasteiger partial charge in [0.15, 0.2) is 0 Å². The molecule has 0 unspecified atom stereocenters. The Kier molecular flexibility index (Phi) is 6.88. The summed E-state index contributed by atoms with van der Waals surface area (Å²) in [6.07, 6.45) is 0. The van der Waals surface area contributed by atoms with Crippen LogP contribution >= 0.6 is 0 Å². The summed E-state index contributed by atoms with van der Waals surface area (Å²) in [7, 11) is 1.90. The second kappa shape index (κ2) is 9.12. The summed E-state index contributed by atoms with van der Waals surface area (Å²) in [5, 5.41) is 8.58. The van der Waals surface area contributed by atoms with E-state index in [1.807, 2.05) is 71.1 Å². The lowest BCUT2D eigenvalue weighted by molar-refractivity contribution is -0.116. The van der Waals surface area contributed by atoms with Crippen LogP contribution in [0, 0.1) is 0 Å². The highest BCUT2D eigenvalue weighted by Gasteiger charge is 2.26. The van der Waals surface area contributed by atoms with Crippen molar-refractivity contribution in [2.24, 2.45) is 7.05 Å². The summed E-state index contributed by atoms with van der Waals surface area (Å²) in [5.41, 5.74) is 5.74. The molecule has 0 bridgehead atoms. The molecule has 1 aromatic heterocycles. The second-order valence-electron chi connectivity index (χ2n) is 5.69. The maximum absolute atomic E-state index is 12.2. The van der Waals surface area contributed by atoms with Gasteiger partial charge in [0, 0.05) is 25.1 Å². The largest absolute Gasteiger partial charge is 0.308 e. The number of benzene rings is 2. The van der Waals surface area contributed by atoms with Gasteiger partial charge in [0.2, 0.25) is 5.91 Å². The maximum Gasteiger partial charge on any atom is 0.224 e. The number of aromatic nitrogens is 3. The molecule has 142 valence electrons. The summed E-state index contributed by atoms with van der Waals surface area (Å²) in [6.45, 7) is 10.1. The zero-order chi connectivity index (χ0) is 20.0. The van der Waals surface area contributed by atoms with Gasteiger partial charge in [-0.1, -0.05) is 75.4 Å². The Morgan fingerprint density at radius 2 is 1.52 bits per heavy atom. The number of amides is 1. The van der Waals surface area contributed by atoms with E-state index in [0.717, 1.165) is 33.8 Å². The first-order valence-corrected chi connectivity index (χ1v) is 9.52. The number of carbonyl (C=O) groups is 1. The number of nitrogens with zero attached hydrogens (tertiary/aromatic N) is 4. The molecule has 27 heavy (non-hydrogen) atoms. The lowest BCUT2D eigenvalue weighted by atomic mass is 9.95. The first-order chi connectivity index (χ1) is 13.2. The average Bonchev–Trinajstić information content (AvgIpc) is 3.08. The van der Waals surface area contributed by atoms with Crippen molar-refractivity contribution in [3.8, 4) is 22.5 Å². The Morgan fingerprint density at radius 1 is 0.926 bits per heavy atom. The van der Waals surface area contributed by atoms with Gasteiger partial charge in [0.05, 0.1) is 17.9 Å². The van der Waals surface area contributed by atoms with Crippen LogP contribution in [0.25, 0.3) is 22.5 Å². The second-order valence-corrected chi connectivity index (χ2v) is 5.69. The summed E-state index contributed by atoms with van der Waals surface area (Å²) in [4.78, 5) is 14.0. The molecule has 0 saturated carbocycles. The first kappa shape index (κ1) is 20.4. The molecule has 5 nitrogen and oxygen atoms in total. The van der Waals surface area contributed by atoms with Crippen LogP contribution < -0.4 is 4.90 Å². The van der Waals surface area contributed by atoms with E-state index in [1.165, 1.54) is 0 Å². The highest BCUT2D eigenvalue weighted by atomic mass is 16.2. The highest BCUT2D eigenvalue weighted by Crippen LogP contribution is 2.40. The van der Waals surface area contributed by atoms with Crippen molar-refractivity contribution in [3.05, 3.63) is 54.1 Å². The Labute approximate surface area is 161 Å². The smallest absolute Gasteiger partial charge is 0.224 e. The molecule has 0 spiro atoms. The minimum Gasteiger partial charge on any atom is -0.308 e. The zero-order valence-electron chi connectivity index (χ0n) is 17.0. The van der Waals surface area contributed by atoms with E-state index in [-0.39, 0.29) is 5.91 Å². The highest BCUT2D eigenvalue weighted by molar-refractivity contribution is 5.99. The number of rotatable bonds is 0. The zero-order valence-corrected chi connectivity index (χ0v) is 17.0. The van der Waals surface area contributed by atoms with E-state index in [2.05, 4.69) is 22.4 Å². The van der Waals surface area contributed by atoms with Gasteiger partial charge in [-0.15, -0.1) is 5.10 Å². The van der Waals surface area contributed by atoms with E-state index in [1.54, 1.807) is 16.5 Å². The van der Waals surface area contributed by atoms with Crippen molar-refractivity contribution in [3.63, 3.8) is 0 Å². The third-order valence-electron chi connectivity index (χ3n) is 4.26. The third-order valence-corrected chi connectivity index (χ3v) is 4.26. The van der Waals surface area contributed by atoms with Crippen molar-refractivity contribution in [1.82, 2.24) is 15.0 Å². The maximum atomic E-state index is 12.2. The summed E-state index contributed by atoms with van der Waals surface area (Å²) in [5.74, 6) is 0.0135. The molecule has 0 N–H and O–H groups in total. The van der Waals surface area contributed by atoms with Crippen LogP contribution in [0.5, 0.6) is 0 Å². The van der Waals surface area contributed by atoms with Crippen molar-refractivity contribution in [2.45, 2.75) is 41.2 Å². The normalized spacial score (nSPS) is 11.3. The standard InChI is InChI=1S/C18H16N4O.2C2H6/c1-12(23)22-11-13-7-3-4-8-14(13)18-17(19-20-21(18)2)15-9-5-6-10-16(15)22;2*1-2/h3-10H,11H2,1-2H3;2*1-2H3. The third kappa shape index (κ3) is 3.77.